The number of aryl methyl sites for hydroxylation is 1. The van der Waals surface area contributed by atoms with Gasteiger partial charge in [0.15, 0.2) is 0 Å². The summed E-state index contributed by atoms with van der Waals surface area (Å²) < 4.78 is 28.2. The highest BCUT2D eigenvalue weighted by atomic mass is 32.2. The molecule has 1 fully saturated rings. The Morgan fingerprint density at radius 2 is 1.75 bits per heavy atom. The molecule has 4 rings (SSSR count). The molecule has 0 saturated carbocycles. The van der Waals surface area contributed by atoms with Gasteiger partial charge in [0.2, 0.25) is 15.9 Å². The number of hydrogen-bond acceptors (Lipinski definition) is 4. The second-order valence-electron chi connectivity index (χ2n) is 9.03. The van der Waals surface area contributed by atoms with Crippen LogP contribution in [0.1, 0.15) is 48.9 Å². The smallest absolute Gasteiger partial charge is 0.243 e. The highest BCUT2D eigenvalue weighted by molar-refractivity contribution is 7.89. The first-order chi connectivity index (χ1) is 15.3. The second-order valence-corrected chi connectivity index (χ2v) is 11.1. The van der Waals surface area contributed by atoms with Gasteiger partial charge in [0.05, 0.1) is 10.9 Å². The number of carbonyl (C=O) groups excluding carboxylic acids is 1. The summed E-state index contributed by atoms with van der Waals surface area (Å²) in [6, 6.07) is 15.2. The minimum absolute atomic E-state index is 0.00139. The maximum absolute atomic E-state index is 13.4. The van der Waals surface area contributed by atoms with Gasteiger partial charge in [0, 0.05) is 33.6 Å². The average molecular weight is 456 g/mol. The summed E-state index contributed by atoms with van der Waals surface area (Å²) in [7, 11) is -0.200. The predicted molar refractivity (Wildman–Crippen MR) is 126 cm³/mol. The van der Waals surface area contributed by atoms with Crippen LogP contribution in [0.15, 0.2) is 53.4 Å². The number of nitrogens with zero attached hydrogens (tertiary/aromatic N) is 3. The summed E-state index contributed by atoms with van der Waals surface area (Å²) in [5.74, 6) is 0.00139. The molecule has 0 N–H and O–H groups in total. The first-order valence-electron chi connectivity index (χ1n) is 11.4. The third kappa shape index (κ3) is 4.47. The molecule has 0 unspecified atom stereocenters. The van der Waals surface area contributed by atoms with Crippen molar-refractivity contribution in [3.63, 3.8) is 0 Å². The van der Waals surface area contributed by atoms with Crippen molar-refractivity contribution in [3.05, 3.63) is 65.2 Å². The van der Waals surface area contributed by atoms with E-state index in [4.69, 9.17) is 0 Å². The summed E-state index contributed by atoms with van der Waals surface area (Å²) in [6.45, 7) is 3.98. The molecule has 1 saturated heterocycles. The van der Waals surface area contributed by atoms with E-state index >= 15 is 0 Å². The molecular formula is C25H33N3O3S. The van der Waals surface area contributed by atoms with Gasteiger partial charge in [-0.2, -0.15) is 4.31 Å². The van der Waals surface area contributed by atoms with E-state index in [9.17, 15) is 13.2 Å². The third-order valence-electron chi connectivity index (χ3n) is 6.99. The molecule has 0 aromatic heterocycles. The number of rotatable bonds is 6. The molecule has 2 aromatic carbocycles. The molecule has 7 heteroatoms. The zero-order valence-electron chi connectivity index (χ0n) is 19.2. The number of carbonyl (C=O) groups is 1. The SMILES string of the molecule is CC(=O)N(C)[C@@H]1c2cc(S(=O)(=O)N(C)Cc3ccccc3)ccc2CC[C@H]1N1CCCC1. The molecule has 2 aliphatic rings. The summed E-state index contributed by atoms with van der Waals surface area (Å²) in [6.07, 6.45) is 4.24. The number of amides is 1. The van der Waals surface area contributed by atoms with E-state index in [1.165, 1.54) is 17.1 Å². The lowest BCUT2D eigenvalue weighted by molar-refractivity contribution is -0.131. The van der Waals surface area contributed by atoms with Crippen molar-refractivity contribution in [2.75, 3.05) is 27.2 Å². The van der Waals surface area contributed by atoms with Crippen LogP contribution in [0.5, 0.6) is 0 Å². The van der Waals surface area contributed by atoms with E-state index in [-0.39, 0.29) is 18.0 Å². The summed E-state index contributed by atoms with van der Waals surface area (Å²) in [4.78, 5) is 17.0. The fourth-order valence-electron chi connectivity index (χ4n) is 5.13. The zero-order chi connectivity index (χ0) is 22.9. The Morgan fingerprint density at radius 3 is 2.41 bits per heavy atom. The van der Waals surface area contributed by atoms with E-state index in [1.807, 2.05) is 49.5 Å². The Bertz CT molecular complexity index is 1070. The van der Waals surface area contributed by atoms with Crippen LogP contribution in [0, 0.1) is 0 Å². The van der Waals surface area contributed by atoms with Gasteiger partial charge in [-0.15, -0.1) is 0 Å². The van der Waals surface area contributed by atoms with Crippen molar-refractivity contribution in [2.24, 2.45) is 0 Å². The van der Waals surface area contributed by atoms with Gasteiger partial charge in [-0.1, -0.05) is 36.4 Å². The van der Waals surface area contributed by atoms with Gasteiger partial charge in [0.1, 0.15) is 0 Å². The molecule has 0 spiro atoms. The first kappa shape index (κ1) is 23.0. The monoisotopic (exact) mass is 455 g/mol. The predicted octanol–water partition coefficient (Wildman–Crippen LogP) is 3.44. The van der Waals surface area contributed by atoms with Crippen molar-refractivity contribution in [2.45, 2.75) is 56.1 Å². The van der Waals surface area contributed by atoms with E-state index in [0.29, 0.717) is 11.4 Å². The largest absolute Gasteiger partial charge is 0.337 e. The molecule has 2 aromatic rings. The Kier molecular flexibility index (Phi) is 6.70. The molecule has 1 aliphatic heterocycles. The lowest BCUT2D eigenvalue weighted by Crippen LogP contribution is -2.48. The maximum atomic E-state index is 13.4. The van der Waals surface area contributed by atoms with Gasteiger partial charge in [-0.25, -0.2) is 8.42 Å². The fourth-order valence-corrected chi connectivity index (χ4v) is 6.32. The first-order valence-corrected chi connectivity index (χ1v) is 12.8. The summed E-state index contributed by atoms with van der Waals surface area (Å²) in [5.41, 5.74) is 3.06. The molecule has 1 aliphatic carbocycles. The second kappa shape index (κ2) is 9.33. The standard InChI is InChI=1S/C25H33N3O3S/c1-19(29)27(3)25-23-17-22(32(30,31)26(2)18-20-9-5-4-6-10-20)13-11-21(23)12-14-24(25)28-15-7-8-16-28/h4-6,9-11,13,17,24-25H,7-8,12,14-16,18H2,1-3H3/t24-,25-/m1/s1. The zero-order valence-corrected chi connectivity index (χ0v) is 20.0. The lowest BCUT2D eigenvalue weighted by Gasteiger charge is -2.43. The minimum atomic E-state index is -3.66. The van der Waals surface area contributed by atoms with E-state index < -0.39 is 10.0 Å². The molecule has 0 radical (unpaired) electrons. The molecule has 6 nitrogen and oxygen atoms in total. The average Bonchev–Trinajstić information content (AvgIpc) is 3.32. The molecule has 2 atom stereocenters. The van der Waals surface area contributed by atoms with Crippen LogP contribution < -0.4 is 0 Å². The number of sulfonamides is 1. The van der Waals surface area contributed by atoms with Crippen molar-refractivity contribution in [3.8, 4) is 0 Å². The minimum Gasteiger partial charge on any atom is -0.337 e. The van der Waals surface area contributed by atoms with Gasteiger partial charge < -0.3 is 4.90 Å². The van der Waals surface area contributed by atoms with Gasteiger partial charge >= 0.3 is 0 Å². The third-order valence-corrected chi connectivity index (χ3v) is 8.79. The lowest BCUT2D eigenvalue weighted by atomic mass is 9.82. The Hall–Kier alpha value is -2.22. The summed E-state index contributed by atoms with van der Waals surface area (Å²) in [5, 5.41) is 0. The number of hydrogen-bond donors (Lipinski definition) is 0. The molecule has 32 heavy (non-hydrogen) atoms. The van der Waals surface area contributed by atoms with Gasteiger partial charge in [0.25, 0.3) is 0 Å². The fraction of sp³-hybridized carbons (Fsp3) is 0.480. The number of benzene rings is 2. The van der Waals surface area contributed by atoms with Crippen LogP contribution in [0.2, 0.25) is 0 Å². The molecular weight excluding hydrogens is 422 g/mol. The Morgan fingerprint density at radius 1 is 1.06 bits per heavy atom. The highest BCUT2D eigenvalue weighted by Gasteiger charge is 2.38. The van der Waals surface area contributed by atoms with E-state index in [0.717, 1.165) is 42.6 Å². The van der Waals surface area contributed by atoms with E-state index in [2.05, 4.69) is 4.90 Å². The maximum Gasteiger partial charge on any atom is 0.243 e. The summed E-state index contributed by atoms with van der Waals surface area (Å²) >= 11 is 0. The molecule has 1 amide bonds. The molecule has 1 heterocycles. The van der Waals surface area contributed by atoms with Crippen LogP contribution in [0.25, 0.3) is 0 Å². The normalized spacial score (nSPS) is 21.5. The van der Waals surface area contributed by atoms with Crippen LogP contribution in [-0.4, -0.2) is 61.7 Å². The molecule has 0 bridgehead atoms. The number of likely N-dealkylation sites (tertiary alicyclic amines) is 1. The van der Waals surface area contributed by atoms with Crippen molar-refractivity contribution in [1.82, 2.24) is 14.1 Å². The molecule has 172 valence electrons. The Labute approximate surface area is 191 Å². The van der Waals surface area contributed by atoms with Crippen molar-refractivity contribution >= 4 is 15.9 Å². The van der Waals surface area contributed by atoms with Crippen molar-refractivity contribution in [1.29, 1.82) is 0 Å². The van der Waals surface area contributed by atoms with Crippen LogP contribution >= 0.6 is 0 Å². The van der Waals surface area contributed by atoms with Gasteiger partial charge in [-0.05, 0) is 67.6 Å². The topological polar surface area (TPSA) is 60.9 Å². The van der Waals surface area contributed by atoms with Gasteiger partial charge in [-0.3, -0.25) is 9.69 Å². The van der Waals surface area contributed by atoms with Crippen LogP contribution in [0.4, 0.5) is 0 Å². The quantitative estimate of drug-likeness (QED) is 0.670. The Balaban J connectivity index is 1.69. The van der Waals surface area contributed by atoms with Crippen molar-refractivity contribution < 1.29 is 13.2 Å². The van der Waals surface area contributed by atoms with Crippen LogP contribution in [0.3, 0.4) is 0 Å². The van der Waals surface area contributed by atoms with E-state index in [1.54, 1.807) is 24.9 Å². The van der Waals surface area contributed by atoms with Crippen LogP contribution in [-0.2, 0) is 27.8 Å². The number of fused-ring (bicyclic) bond motifs is 1. The highest BCUT2D eigenvalue weighted by Crippen LogP contribution is 2.39. The number of likely N-dealkylation sites (N-methyl/N-ethyl adjacent to an activating group) is 1.